The first kappa shape index (κ1) is 17.2. The second-order valence-electron chi connectivity index (χ2n) is 5.77. The van der Waals surface area contributed by atoms with Crippen LogP contribution in [0.4, 0.5) is 0 Å². The number of hydrogen-bond acceptors (Lipinski definition) is 3. The van der Waals surface area contributed by atoms with Gasteiger partial charge in [-0.25, -0.2) is 10.8 Å². The van der Waals surface area contributed by atoms with E-state index in [4.69, 9.17) is 5.84 Å². The molecule has 0 saturated heterocycles. The summed E-state index contributed by atoms with van der Waals surface area (Å²) < 4.78 is 0. The first-order chi connectivity index (χ1) is 9.69. The lowest BCUT2D eigenvalue weighted by atomic mass is 10.2. The summed E-state index contributed by atoms with van der Waals surface area (Å²) in [5.41, 5.74) is 2.71. The topological polar surface area (TPSA) is 65.7 Å². The summed E-state index contributed by atoms with van der Waals surface area (Å²) >= 11 is 0. The minimum absolute atomic E-state index is 0.404. The molecular formula is C15H33N5. The van der Waals surface area contributed by atoms with Crippen molar-refractivity contribution >= 4 is 5.96 Å². The predicted octanol–water partition coefficient (Wildman–Crippen LogP) is 1.85. The maximum Gasteiger partial charge on any atom is 0.206 e. The third-order valence-electron chi connectivity index (χ3n) is 4.16. The molecule has 1 aliphatic rings. The summed E-state index contributed by atoms with van der Waals surface area (Å²) in [7, 11) is 0. The van der Waals surface area contributed by atoms with Crippen molar-refractivity contribution in [1.82, 2.24) is 15.6 Å². The van der Waals surface area contributed by atoms with Gasteiger partial charge in [0.15, 0.2) is 0 Å². The number of hydrogen-bond donors (Lipinski definition) is 3. The van der Waals surface area contributed by atoms with Gasteiger partial charge in [-0.3, -0.25) is 5.43 Å². The van der Waals surface area contributed by atoms with Crippen molar-refractivity contribution in [3.63, 3.8) is 0 Å². The molecule has 0 radical (unpaired) electrons. The van der Waals surface area contributed by atoms with Crippen LogP contribution in [-0.4, -0.2) is 42.6 Å². The molecule has 20 heavy (non-hydrogen) atoms. The summed E-state index contributed by atoms with van der Waals surface area (Å²) in [6.07, 6.45) is 7.34. The van der Waals surface area contributed by atoms with Crippen LogP contribution in [0.3, 0.4) is 0 Å². The van der Waals surface area contributed by atoms with Gasteiger partial charge in [0, 0.05) is 6.04 Å². The van der Waals surface area contributed by atoms with Crippen molar-refractivity contribution in [1.29, 1.82) is 0 Å². The van der Waals surface area contributed by atoms with Gasteiger partial charge in [0.1, 0.15) is 0 Å². The Hall–Kier alpha value is -0.810. The van der Waals surface area contributed by atoms with Gasteiger partial charge < -0.3 is 10.2 Å². The minimum atomic E-state index is 0.404. The smallest absolute Gasteiger partial charge is 0.206 e. The molecule has 1 unspecified atom stereocenters. The lowest BCUT2D eigenvalue weighted by molar-refractivity contribution is 0.292. The Morgan fingerprint density at radius 1 is 1.30 bits per heavy atom. The minimum Gasteiger partial charge on any atom is -0.353 e. The number of nitrogens with two attached hydrogens (primary N) is 1. The van der Waals surface area contributed by atoms with Crippen molar-refractivity contribution in [2.75, 3.05) is 19.6 Å². The van der Waals surface area contributed by atoms with Gasteiger partial charge >= 0.3 is 0 Å². The van der Waals surface area contributed by atoms with Crippen LogP contribution < -0.4 is 16.6 Å². The zero-order chi connectivity index (χ0) is 14.8. The zero-order valence-electron chi connectivity index (χ0n) is 13.5. The molecule has 1 atom stereocenters. The Bertz CT molecular complexity index is 269. The molecule has 5 heteroatoms. The lowest BCUT2D eigenvalue weighted by Crippen LogP contribution is -2.46. The molecule has 1 saturated carbocycles. The van der Waals surface area contributed by atoms with Crippen LogP contribution in [0.2, 0.25) is 0 Å². The fraction of sp³-hybridized carbons (Fsp3) is 0.933. The Balaban J connectivity index is 2.26. The lowest BCUT2D eigenvalue weighted by Gasteiger charge is -2.21. The van der Waals surface area contributed by atoms with E-state index in [1.54, 1.807) is 0 Å². The molecule has 1 rings (SSSR count). The van der Waals surface area contributed by atoms with E-state index in [1.807, 2.05) is 0 Å². The molecule has 0 amide bonds. The van der Waals surface area contributed by atoms with E-state index in [2.05, 4.69) is 41.4 Å². The molecule has 0 bridgehead atoms. The summed E-state index contributed by atoms with van der Waals surface area (Å²) in [6.45, 7) is 10.1. The quantitative estimate of drug-likeness (QED) is 0.275. The van der Waals surface area contributed by atoms with E-state index >= 15 is 0 Å². The monoisotopic (exact) mass is 283 g/mol. The van der Waals surface area contributed by atoms with Gasteiger partial charge in [0.05, 0.1) is 6.04 Å². The van der Waals surface area contributed by atoms with Crippen LogP contribution in [0.1, 0.15) is 59.3 Å². The first-order valence-electron chi connectivity index (χ1n) is 8.22. The molecule has 4 N–H and O–H groups in total. The Labute approximate surface area is 124 Å². The van der Waals surface area contributed by atoms with Crippen molar-refractivity contribution in [2.24, 2.45) is 10.8 Å². The molecule has 0 aromatic carbocycles. The Kier molecular flexibility index (Phi) is 8.62. The fourth-order valence-corrected chi connectivity index (χ4v) is 2.80. The molecule has 0 spiro atoms. The van der Waals surface area contributed by atoms with Gasteiger partial charge in [0.2, 0.25) is 5.96 Å². The average Bonchev–Trinajstić information content (AvgIpc) is 2.95. The zero-order valence-corrected chi connectivity index (χ0v) is 13.5. The molecule has 0 aromatic heterocycles. The second-order valence-corrected chi connectivity index (χ2v) is 5.77. The number of nitrogens with zero attached hydrogens (tertiary/aromatic N) is 2. The standard InChI is InChI=1S/C15H33N5/c1-4-20(5-2)12-8-9-13(3)17-15(19-16)18-14-10-6-7-11-14/h13-14H,4-12,16H2,1-3H3,(H2,17,18,19). The summed E-state index contributed by atoms with van der Waals surface area (Å²) in [6, 6.07) is 0.859. The van der Waals surface area contributed by atoms with Gasteiger partial charge in [-0.2, -0.15) is 0 Å². The van der Waals surface area contributed by atoms with Crippen molar-refractivity contribution in [2.45, 2.75) is 71.4 Å². The highest BCUT2D eigenvalue weighted by molar-refractivity contribution is 5.79. The normalized spacial score (nSPS) is 18.6. The van der Waals surface area contributed by atoms with Crippen LogP contribution in [0.25, 0.3) is 0 Å². The molecule has 0 aliphatic heterocycles. The van der Waals surface area contributed by atoms with E-state index in [-0.39, 0.29) is 0 Å². The van der Waals surface area contributed by atoms with Gasteiger partial charge in [0.25, 0.3) is 0 Å². The van der Waals surface area contributed by atoms with Crippen LogP contribution in [0.5, 0.6) is 0 Å². The summed E-state index contributed by atoms with van der Waals surface area (Å²) in [4.78, 5) is 7.13. The molecule has 118 valence electrons. The summed E-state index contributed by atoms with van der Waals surface area (Å²) in [5, 5.41) is 3.40. The van der Waals surface area contributed by atoms with E-state index in [0.29, 0.717) is 12.1 Å². The number of rotatable bonds is 8. The van der Waals surface area contributed by atoms with Crippen LogP contribution in [-0.2, 0) is 0 Å². The largest absolute Gasteiger partial charge is 0.353 e. The maximum absolute atomic E-state index is 5.57. The van der Waals surface area contributed by atoms with E-state index in [9.17, 15) is 0 Å². The number of nitrogens with one attached hydrogen (secondary N) is 2. The highest BCUT2D eigenvalue weighted by Crippen LogP contribution is 2.20. The molecule has 0 aromatic rings. The SMILES string of the molecule is CCN(CC)CCCC(C)NC(=NC1CCCC1)NN. The van der Waals surface area contributed by atoms with E-state index in [1.165, 1.54) is 38.6 Å². The van der Waals surface area contributed by atoms with Crippen LogP contribution in [0, 0.1) is 0 Å². The molecule has 5 nitrogen and oxygen atoms in total. The molecular weight excluding hydrogens is 250 g/mol. The van der Waals surface area contributed by atoms with Crippen molar-refractivity contribution in [3.05, 3.63) is 0 Å². The van der Waals surface area contributed by atoms with Crippen LogP contribution >= 0.6 is 0 Å². The Morgan fingerprint density at radius 2 is 1.95 bits per heavy atom. The third-order valence-corrected chi connectivity index (χ3v) is 4.16. The molecule has 0 heterocycles. The number of aliphatic imine (C=N–C) groups is 1. The van der Waals surface area contributed by atoms with Crippen LogP contribution in [0.15, 0.2) is 4.99 Å². The maximum atomic E-state index is 5.57. The third kappa shape index (κ3) is 6.57. The predicted molar refractivity (Wildman–Crippen MR) is 86.6 cm³/mol. The van der Waals surface area contributed by atoms with Crippen molar-refractivity contribution < 1.29 is 0 Å². The number of hydrazine groups is 1. The van der Waals surface area contributed by atoms with Gasteiger partial charge in [-0.1, -0.05) is 26.7 Å². The summed E-state index contributed by atoms with van der Waals surface area (Å²) in [5.74, 6) is 6.32. The highest BCUT2D eigenvalue weighted by Gasteiger charge is 2.15. The van der Waals surface area contributed by atoms with Crippen molar-refractivity contribution in [3.8, 4) is 0 Å². The Morgan fingerprint density at radius 3 is 2.50 bits per heavy atom. The fourth-order valence-electron chi connectivity index (χ4n) is 2.80. The second kappa shape index (κ2) is 10.00. The van der Waals surface area contributed by atoms with E-state index < -0.39 is 0 Å². The highest BCUT2D eigenvalue weighted by atomic mass is 15.3. The van der Waals surface area contributed by atoms with Gasteiger partial charge in [-0.05, 0) is 52.2 Å². The van der Waals surface area contributed by atoms with E-state index in [0.717, 1.165) is 25.5 Å². The molecule has 1 fully saturated rings. The average molecular weight is 283 g/mol. The first-order valence-corrected chi connectivity index (χ1v) is 8.22. The molecule has 1 aliphatic carbocycles. The van der Waals surface area contributed by atoms with Gasteiger partial charge in [-0.15, -0.1) is 0 Å². The number of guanidine groups is 1.